The second-order valence-corrected chi connectivity index (χ2v) is 8.93. The number of sulfonamides is 1. The molecule has 0 saturated heterocycles. The van der Waals surface area contributed by atoms with Crippen molar-refractivity contribution in [1.82, 2.24) is 15.6 Å². The van der Waals surface area contributed by atoms with E-state index in [-0.39, 0.29) is 29.0 Å². The lowest BCUT2D eigenvalue weighted by Crippen LogP contribution is -2.47. The molecule has 0 unspecified atom stereocenters. The topological polar surface area (TPSA) is 135 Å². The first-order valence-corrected chi connectivity index (χ1v) is 10.9. The Balaban J connectivity index is 1.49. The van der Waals surface area contributed by atoms with Crippen molar-refractivity contribution in [1.29, 1.82) is 0 Å². The van der Waals surface area contributed by atoms with Crippen LogP contribution in [-0.4, -0.2) is 38.9 Å². The summed E-state index contributed by atoms with van der Waals surface area (Å²) in [5.41, 5.74) is 5.36. The lowest BCUT2D eigenvalue weighted by molar-refractivity contribution is -0.123. The summed E-state index contributed by atoms with van der Waals surface area (Å²) < 4.78 is 37.4. The summed E-state index contributed by atoms with van der Waals surface area (Å²) in [6.45, 7) is 3.62. The number of ether oxygens (including phenoxy) is 2. The van der Waals surface area contributed by atoms with Crippen LogP contribution in [0, 0.1) is 5.92 Å². The van der Waals surface area contributed by atoms with E-state index in [0.29, 0.717) is 17.1 Å². The van der Waals surface area contributed by atoms with E-state index in [9.17, 15) is 18.0 Å². The number of aliphatic imine (C=N–C) groups is 1. The maximum absolute atomic E-state index is 12.7. The Morgan fingerprint density at radius 3 is 2.58 bits per heavy atom. The van der Waals surface area contributed by atoms with Gasteiger partial charge in [0.05, 0.1) is 4.90 Å². The van der Waals surface area contributed by atoms with Crippen molar-refractivity contribution in [2.24, 2.45) is 10.9 Å². The van der Waals surface area contributed by atoms with Crippen LogP contribution < -0.4 is 25.0 Å². The Morgan fingerprint density at radius 1 is 1.06 bits per heavy atom. The summed E-state index contributed by atoms with van der Waals surface area (Å²) in [5, 5.41) is 0. The first kappa shape index (κ1) is 20.7. The fourth-order valence-electron chi connectivity index (χ4n) is 3.18. The molecule has 2 aliphatic rings. The lowest BCUT2D eigenvalue weighted by atomic mass is 10.0. The zero-order valence-corrected chi connectivity index (χ0v) is 17.5. The molecule has 11 heteroatoms. The predicted molar refractivity (Wildman–Crippen MR) is 110 cm³/mol. The summed E-state index contributed by atoms with van der Waals surface area (Å²) in [7, 11) is -3.72. The minimum Gasteiger partial charge on any atom is -0.454 e. The lowest BCUT2D eigenvalue weighted by Gasteiger charge is -2.17. The summed E-state index contributed by atoms with van der Waals surface area (Å²) in [6, 6.07) is 10.1. The molecule has 3 N–H and O–H groups in total. The molecular formula is C20H20N4O6S. The molecule has 2 aromatic rings. The van der Waals surface area contributed by atoms with Gasteiger partial charge < -0.3 is 9.47 Å². The number of amidine groups is 1. The van der Waals surface area contributed by atoms with Crippen LogP contribution in [-0.2, 0) is 14.8 Å². The number of rotatable bonds is 4. The summed E-state index contributed by atoms with van der Waals surface area (Å²) in [5.74, 6) is -0.333. The number of hydrogen-bond donors (Lipinski definition) is 3. The first-order valence-electron chi connectivity index (χ1n) is 9.46. The van der Waals surface area contributed by atoms with Crippen LogP contribution in [0.4, 0.5) is 0 Å². The summed E-state index contributed by atoms with van der Waals surface area (Å²) in [4.78, 5) is 29.5. The highest BCUT2D eigenvalue weighted by molar-refractivity contribution is 7.90. The Morgan fingerprint density at radius 2 is 1.81 bits per heavy atom. The molecule has 1 atom stereocenters. The molecule has 2 amide bonds. The van der Waals surface area contributed by atoms with Gasteiger partial charge in [-0.3, -0.25) is 30.2 Å². The molecule has 2 aromatic carbocycles. The molecule has 4 rings (SSSR count). The van der Waals surface area contributed by atoms with Gasteiger partial charge >= 0.3 is 0 Å². The van der Waals surface area contributed by atoms with Gasteiger partial charge in [0.15, 0.2) is 11.5 Å². The number of carbonyl (C=O) groups excluding carboxylic acids is 2. The molecule has 0 fully saturated rings. The van der Waals surface area contributed by atoms with Crippen molar-refractivity contribution in [2.75, 3.05) is 6.79 Å². The Labute approximate surface area is 178 Å². The number of amides is 2. The first-order chi connectivity index (χ1) is 14.8. The van der Waals surface area contributed by atoms with Crippen LogP contribution in [0.15, 0.2) is 52.4 Å². The number of hydrogen-bond acceptors (Lipinski definition) is 7. The second-order valence-electron chi connectivity index (χ2n) is 7.28. The van der Waals surface area contributed by atoms with Crippen molar-refractivity contribution >= 4 is 27.7 Å². The van der Waals surface area contributed by atoms with Crippen molar-refractivity contribution in [3.05, 3.63) is 53.6 Å². The fourth-order valence-corrected chi connectivity index (χ4v) is 4.42. The Kier molecular flexibility index (Phi) is 5.27. The fraction of sp³-hybridized carbons (Fsp3) is 0.250. The third-order valence-electron chi connectivity index (χ3n) is 4.77. The second kappa shape index (κ2) is 7.91. The number of nitrogens with one attached hydrogen (secondary N) is 3. The zero-order valence-electron chi connectivity index (χ0n) is 16.7. The minimum atomic E-state index is -3.72. The highest BCUT2D eigenvalue weighted by atomic mass is 32.2. The highest BCUT2D eigenvalue weighted by Crippen LogP contribution is 2.32. The third kappa shape index (κ3) is 4.04. The summed E-state index contributed by atoms with van der Waals surface area (Å²) in [6.07, 6.45) is 0. The van der Waals surface area contributed by atoms with Gasteiger partial charge in [-0.05, 0) is 36.2 Å². The average molecular weight is 444 g/mol. The molecule has 0 aliphatic carbocycles. The number of fused-ring (bicyclic) bond motifs is 2. The predicted octanol–water partition coefficient (Wildman–Crippen LogP) is 0.940. The standard InChI is InChI=1S/C20H20N4O6S/c1-11(2)17(21-18-13-5-3-4-6-16(13)31(27,28)24-18)20(26)23-22-19(25)12-7-8-14-15(9-12)30-10-29-14/h3-9,11,17H,10H2,1-2H3,(H,21,24)(H,22,25)(H,23,26)/t17-/m0/s1. The van der Waals surface area contributed by atoms with Crippen molar-refractivity contribution < 1.29 is 27.5 Å². The number of hydrazine groups is 1. The number of benzene rings is 2. The van der Waals surface area contributed by atoms with Crippen LogP contribution in [0.25, 0.3) is 0 Å². The van der Waals surface area contributed by atoms with Crippen LogP contribution in [0.1, 0.15) is 29.8 Å². The molecule has 31 heavy (non-hydrogen) atoms. The normalized spacial score (nSPS) is 17.7. The van der Waals surface area contributed by atoms with E-state index < -0.39 is 27.9 Å². The molecule has 10 nitrogen and oxygen atoms in total. The third-order valence-corrected chi connectivity index (χ3v) is 6.16. The van der Waals surface area contributed by atoms with E-state index in [0.717, 1.165) is 0 Å². The van der Waals surface area contributed by atoms with Crippen LogP contribution in [0.2, 0.25) is 0 Å². The molecule has 2 aliphatic heterocycles. The monoisotopic (exact) mass is 444 g/mol. The van der Waals surface area contributed by atoms with Gasteiger partial charge in [0.25, 0.3) is 21.8 Å². The molecule has 0 aromatic heterocycles. The molecule has 0 spiro atoms. The van der Waals surface area contributed by atoms with Crippen molar-refractivity contribution in [2.45, 2.75) is 24.8 Å². The maximum Gasteiger partial charge on any atom is 0.269 e. The van der Waals surface area contributed by atoms with Gasteiger partial charge in [-0.2, -0.15) is 0 Å². The van der Waals surface area contributed by atoms with Gasteiger partial charge in [0, 0.05) is 11.1 Å². The molecule has 0 saturated carbocycles. The van der Waals surface area contributed by atoms with Gasteiger partial charge in [-0.1, -0.05) is 26.0 Å². The molecule has 0 radical (unpaired) electrons. The molecule has 162 valence electrons. The van der Waals surface area contributed by atoms with E-state index in [1.54, 1.807) is 44.2 Å². The van der Waals surface area contributed by atoms with Crippen LogP contribution in [0.3, 0.4) is 0 Å². The quantitative estimate of drug-likeness (QED) is 0.601. The maximum atomic E-state index is 12.7. The Bertz CT molecular complexity index is 1190. The van der Waals surface area contributed by atoms with E-state index in [1.807, 2.05) is 0 Å². The van der Waals surface area contributed by atoms with Gasteiger partial charge in [-0.15, -0.1) is 0 Å². The average Bonchev–Trinajstić information content (AvgIpc) is 3.31. The molecule has 0 bridgehead atoms. The summed E-state index contributed by atoms with van der Waals surface area (Å²) >= 11 is 0. The van der Waals surface area contributed by atoms with Gasteiger partial charge in [0.2, 0.25) is 6.79 Å². The SMILES string of the molecule is CC(C)[C@H](N=C1NS(=O)(=O)c2ccccc21)C(=O)NNC(=O)c1ccc2c(c1)OCO2. The van der Waals surface area contributed by atoms with E-state index in [4.69, 9.17) is 9.47 Å². The molecular weight excluding hydrogens is 424 g/mol. The van der Waals surface area contributed by atoms with Crippen molar-refractivity contribution in [3.8, 4) is 11.5 Å². The van der Waals surface area contributed by atoms with Crippen LogP contribution in [0.5, 0.6) is 11.5 Å². The number of nitrogens with zero attached hydrogens (tertiary/aromatic N) is 1. The van der Waals surface area contributed by atoms with Crippen molar-refractivity contribution in [3.63, 3.8) is 0 Å². The van der Waals surface area contributed by atoms with Gasteiger partial charge in [-0.25, -0.2) is 8.42 Å². The zero-order chi connectivity index (χ0) is 22.2. The largest absolute Gasteiger partial charge is 0.454 e. The highest BCUT2D eigenvalue weighted by Gasteiger charge is 2.32. The molecule has 2 heterocycles. The smallest absolute Gasteiger partial charge is 0.269 e. The minimum absolute atomic E-state index is 0.0838. The van der Waals surface area contributed by atoms with E-state index in [2.05, 4.69) is 20.6 Å². The van der Waals surface area contributed by atoms with E-state index >= 15 is 0 Å². The van der Waals surface area contributed by atoms with E-state index in [1.165, 1.54) is 12.1 Å². The Hall–Kier alpha value is -3.60. The van der Waals surface area contributed by atoms with Gasteiger partial charge in [0.1, 0.15) is 11.9 Å². The number of carbonyl (C=O) groups is 2. The van der Waals surface area contributed by atoms with Crippen LogP contribution >= 0.6 is 0 Å².